The Bertz CT molecular complexity index is 551. The number of benzene rings is 1. The third-order valence-electron chi connectivity index (χ3n) is 3.85. The first-order valence-corrected chi connectivity index (χ1v) is 7.70. The molecule has 0 radical (unpaired) electrons. The summed E-state index contributed by atoms with van der Waals surface area (Å²) in [5.41, 5.74) is 0.893. The average Bonchev–Trinajstić information content (AvgIpc) is 3.09. The van der Waals surface area contributed by atoms with E-state index in [4.69, 9.17) is 4.74 Å². The van der Waals surface area contributed by atoms with Crippen LogP contribution in [0.5, 0.6) is 0 Å². The van der Waals surface area contributed by atoms with Crippen LogP contribution in [0.15, 0.2) is 30.3 Å². The summed E-state index contributed by atoms with van der Waals surface area (Å²) in [6.45, 7) is 0.740. The van der Waals surface area contributed by atoms with Crippen LogP contribution >= 0.6 is 0 Å². The van der Waals surface area contributed by atoms with E-state index in [0.29, 0.717) is 12.8 Å². The number of hydrogen-bond donors (Lipinski definition) is 1. The Morgan fingerprint density at radius 2 is 2.00 bits per heavy atom. The zero-order chi connectivity index (χ0) is 16.7. The van der Waals surface area contributed by atoms with Gasteiger partial charge in [-0.1, -0.05) is 30.3 Å². The molecule has 124 valence electrons. The third kappa shape index (κ3) is 5.17. The number of esters is 3. The minimum atomic E-state index is -0.741. The van der Waals surface area contributed by atoms with Crippen LogP contribution in [-0.4, -0.2) is 37.6 Å². The Labute approximate surface area is 135 Å². The molecule has 1 heterocycles. The van der Waals surface area contributed by atoms with Crippen molar-refractivity contribution in [3.63, 3.8) is 0 Å². The van der Waals surface area contributed by atoms with Gasteiger partial charge in [0.1, 0.15) is 6.04 Å². The molecule has 0 spiro atoms. The van der Waals surface area contributed by atoms with Crippen molar-refractivity contribution in [1.29, 1.82) is 0 Å². The molecule has 6 nitrogen and oxygen atoms in total. The highest BCUT2D eigenvalue weighted by Crippen LogP contribution is 2.16. The van der Waals surface area contributed by atoms with E-state index in [1.54, 1.807) is 0 Å². The van der Waals surface area contributed by atoms with Crippen molar-refractivity contribution in [3.8, 4) is 0 Å². The van der Waals surface area contributed by atoms with Gasteiger partial charge in [-0.05, 0) is 31.4 Å². The summed E-state index contributed by atoms with van der Waals surface area (Å²) >= 11 is 0. The summed E-state index contributed by atoms with van der Waals surface area (Å²) in [4.78, 5) is 35.8. The van der Waals surface area contributed by atoms with Crippen molar-refractivity contribution in [1.82, 2.24) is 5.32 Å². The maximum absolute atomic E-state index is 12.3. The highest BCUT2D eigenvalue weighted by Gasteiger charge is 2.30. The van der Waals surface area contributed by atoms with Crippen molar-refractivity contribution >= 4 is 17.9 Å². The van der Waals surface area contributed by atoms with E-state index in [9.17, 15) is 14.4 Å². The van der Waals surface area contributed by atoms with E-state index in [1.165, 1.54) is 7.11 Å². The summed E-state index contributed by atoms with van der Waals surface area (Å²) in [5.74, 6) is -2.50. The standard InChI is InChI=1S/C17H21NO5/c1-22-15(19)11-13(10-12-6-3-2-4-7-12)16(20)23-17(21)14-8-5-9-18-14/h2-4,6-7,13-14,18H,5,8-11H2,1H3/t13?,14-/m0/s1. The van der Waals surface area contributed by atoms with E-state index in [2.05, 4.69) is 10.1 Å². The molecule has 1 aliphatic heterocycles. The number of carbonyl (C=O) groups excluding carboxylic acids is 3. The number of hydrogen-bond acceptors (Lipinski definition) is 6. The molecule has 0 bridgehead atoms. The summed E-state index contributed by atoms with van der Waals surface area (Å²) in [6.07, 6.45) is 1.74. The lowest BCUT2D eigenvalue weighted by Crippen LogP contribution is -2.36. The van der Waals surface area contributed by atoms with Gasteiger partial charge in [0, 0.05) is 0 Å². The molecule has 2 atom stereocenters. The Balaban J connectivity index is 2.01. The van der Waals surface area contributed by atoms with E-state index < -0.39 is 29.9 Å². The van der Waals surface area contributed by atoms with Crippen LogP contribution in [0.1, 0.15) is 24.8 Å². The van der Waals surface area contributed by atoms with Gasteiger partial charge in [-0.15, -0.1) is 0 Å². The lowest BCUT2D eigenvalue weighted by Gasteiger charge is -2.16. The predicted octanol–water partition coefficient (Wildman–Crippen LogP) is 1.23. The van der Waals surface area contributed by atoms with Gasteiger partial charge in [0.05, 0.1) is 19.4 Å². The predicted molar refractivity (Wildman–Crippen MR) is 82.4 cm³/mol. The summed E-state index contributed by atoms with van der Waals surface area (Å²) in [7, 11) is 1.26. The topological polar surface area (TPSA) is 81.7 Å². The van der Waals surface area contributed by atoms with Crippen molar-refractivity contribution in [2.45, 2.75) is 31.7 Å². The van der Waals surface area contributed by atoms with Gasteiger partial charge in [0.2, 0.25) is 0 Å². The molecule has 1 fully saturated rings. The highest BCUT2D eigenvalue weighted by atomic mass is 16.6. The number of methoxy groups -OCH3 is 1. The van der Waals surface area contributed by atoms with Gasteiger partial charge in [0.25, 0.3) is 0 Å². The van der Waals surface area contributed by atoms with E-state index in [0.717, 1.165) is 18.5 Å². The zero-order valence-electron chi connectivity index (χ0n) is 13.1. The minimum Gasteiger partial charge on any atom is -0.469 e. The third-order valence-corrected chi connectivity index (χ3v) is 3.85. The Kier molecular flexibility index (Phi) is 6.29. The fourth-order valence-corrected chi connectivity index (χ4v) is 2.56. The van der Waals surface area contributed by atoms with Crippen LogP contribution in [0, 0.1) is 5.92 Å². The van der Waals surface area contributed by atoms with E-state index in [-0.39, 0.29) is 6.42 Å². The first-order chi connectivity index (χ1) is 11.1. The van der Waals surface area contributed by atoms with E-state index >= 15 is 0 Å². The van der Waals surface area contributed by atoms with Crippen LogP contribution < -0.4 is 5.32 Å². The monoisotopic (exact) mass is 319 g/mol. The maximum Gasteiger partial charge on any atom is 0.330 e. The normalized spacial score (nSPS) is 18.2. The average molecular weight is 319 g/mol. The van der Waals surface area contributed by atoms with Crippen LogP contribution in [0.4, 0.5) is 0 Å². The molecule has 0 saturated carbocycles. The molecule has 6 heteroatoms. The Morgan fingerprint density at radius 3 is 2.61 bits per heavy atom. The Morgan fingerprint density at radius 1 is 1.26 bits per heavy atom. The fourth-order valence-electron chi connectivity index (χ4n) is 2.56. The first-order valence-electron chi connectivity index (χ1n) is 7.70. The van der Waals surface area contributed by atoms with Crippen LogP contribution in [0.25, 0.3) is 0 Å². The highest BCUT2D eigenvalue weighted by molar-refractivity contribution is 5.91. The van der Waals surface area contributed by atoms with Crippen molar-refractivity contribution in [3.05, 3.63) is 35.9 Å². The van der Waals surface area contributed by atoms with Gasteiger partial charge in [-0.2, -0.15) is 0 Å². The number of ether oxygens (including phenoxy) is 2. The molecular formula is C17H21NO5. The Hall–Kier alpha value is -2.21. The molecule has 2 rings (SSSR count). The zero-order valence-corrected chi connectivity index (χ0v) is 13.1. The second-order valence-corrected chi connectivity index (χ2v) is 5.56. The van der Waals surface area contributed by atoms with Gasteiger partial charge >= 0.3 is 17.9 Å². The molecule has 1 unspecified atom stereocenters. The summed E-state index contributed by atoms with van der Waals surface area (Å²) < 4.78 is 9.60. The van der Waals surface area contributed by atoms with Gasteiger partial charge < -0.3 is 14.8 Å². The van der Waals surface area contributed by atoms with Crippen LogP contribution in [0.2, 0.25) is 0 Å². The molecule has 1 aliphatic rings. The molecule has 1 aromatic rings. The summed E-state index contributed by atoms with van der Waals surface area (Å²) in [6, 6.07) is 8.85. The van der Waals surface area contributed by atoms with Crippen LogP contribution in [-0.2, 0) is 30.3 Å². The fraction of sp³-hybridized carbons (Fsp3) is 0.471. The maximum atomic E-state index is 12.3. The SMILES string of the molecule is COC(=O)CC(Cc1ccccc1)C(=O)OC(=O)[C@@H]1CCCN1. The van der Waals surface area contributed by atoms with Crippen molar-refractivity contribution < 1.29 is 23.9 Å². The number of nitrogens with one attached hydrogen (secondary N) is 1. The second kappa shape index (κ2) is 8.43. The molecule has 1 saturated heterocycles. The summed E-state index contributed by atoms with van der Waals surface area (Å²) in [5, 5.41) is 2.98. The van der Waals surface area contributed by atoms with Crippen molar-refractivity contribution in [2.24, 2.45) is 5.92 Å². The first kappa shape index (κ1) is 17.1. The molecule has 0 aromatic heterocycles. The van der Waals surface area contributed by atoms with Crippen molar-refractivity contribution in [2.75, 3.05) is 13.7 Å². The van der Waals surface area contributed by atoms with Gasteiger partial charge in [-0.25, -0.2) is 4.79 Å². The molecule has 0 amide bonds. The minimum absolute atomic E-state index is 0.115. The molecule has 1 N–H and O–H groups in total. The van der Waals surface area contributed by atoms with Crippen LogP contribution in [0.3, 0.4) is 0 Å². The lowest BCUT2D eigenvalue weighted by molar-refractivity contribution is -0.166. The van der Waals surface area contributed by atoms with Gasteiger partial charge in [-0.3, -0.25) is 9.59 Å². The van der Waals surface area contributed by atoms with E-state index in [1.807, 2.05) is 30.3 Å². The number of carbonyl (C=O) groups is 3. The largest absolute Gasteiger partial charge is 0.469 e. The second-order valence-electron chi connectivity index (χ2n) is 5.56. The molecule has 0 aliphatic carbocycles. The molecule has 23 heavy (non-hydrogen) atoms. The number of rotatable bonds is 6. The molecule has 1 aromatic carbocycles. The smallest absolute Gasteiger partial charge is 0.330 e. The van der Waals surface area contributed by atoms with Gasteiger partial charge in [0.15, 0.2) is 0 Å². The quantitative estimate of drug-likeness (QED) is 0.627. The molecular weight excluding hydrogens is 298 g/mol. The lowest BCUT2D eigenvalue weighted by atomic mass is 9.96.